The maximum atomic E-state index is 13.0. The Kier molecular flexibility index (Phi) is 7.84. The van der Waals surface area contributed by atoms with E-state index in [1.807, 2.05) is 30.5 Å². The van der Waals surface area contributed by atoms with E-state index in [0.29, 0.717) is 12.1 Å². The maximum absolute atomic E-state index is 13.0. The minimum absolute atomic E-state index is 0. The average molecular weight is 438 g/mol. The smallest absolute Gasteiger partial charge is 0.263 e. The van der Waals surface area contributed by atoms with Gasteiger partial charge >= 0.3 is 0 Å². The van der Waals surface area contributed by atoms with Crippen LogP contribution in [0.2, 0.25) is 0 Å². The second kappa shape index (κ2) is 9.91. The molecule has 29 heavy (non-hydrogen) atoms. The van der Waals surface area contributed by atoms with Crippen molar-refractivity contribution in [3.63, 3.8) is 0 Å². The van der Waals surface area contributed by atoms with Crippen LogP contribution in [0.3, 0.4) is 0 Å². The Balaban J connectivity index is 0.00000150. The van der Waals surface area contributed by atoms with Gasteiger partial charge in [0.15, 0.2) is 0 Å². The van der Waals surface area contributed by atoms with Crippen LogP contribution >= 0.6 is 24.8 Å². The van der Waals surface area contributed by atoms with Crippen molar-refractivity contribution in [2.45, 2.75) is 32.4 Å². The standard InChI is InChI=1S/C20H23N5O2.2ClH/c1-13-6-9-25(15-4-7-21-8-5-15)20(27)18(13)19(26)22-11-14-2-3-16-17(10-14)24-12-23-16;;/h2-3,6,9-10,12,15,21H,4-5,7-8,11H2,1H3,(H,22,26)(H,23,24);2*1H. The summed E-state index contributed by atoms with van der Waals surface area (Å²) < 4.78 is 1.72. The van der Waals surface area contributed by atoms with Crippen LogP contribution < -0.4 is 16.2 Å². The first-order valence-corrected chi connectivity index (χ1v) is 9.26. The minimum atomic E-state index is -0.328. The molecule has 156 valence electrons. The predicted molar refractivity (Wildman–Crippen MR) is 118 cm³/mol. The first kappa shape index (κ1) is 22.9. The number of amides is 1. The molecular weight excluding hydrogens is 413 g/mol. The summed E-state index contributed by atoms with van der Waals surface area (Å²) in [6.07, 6.45) is 5.25. The van der Waals surface area contributed by atoms with Gasteiger partial charge in [0.05, 0.1) is 17.4 Å². The highest BCUT2D eigenvalue weighted by Gasteiger charge is 2.21. The fraction of sp³-hybridized carbons (Fsp3) is 0.350. The van der Waals surface area contributed by atoms with Gasteiger partial charge in [-0.15, -0.1) is 24.8 Å². The summed E-state index contributed by atoms with van der Waals surface area (Å²) in [6.45, 7) is 3.94. The molecule has 1 fully saturated rings. The first-order valence-electron chi connectivity index (χ1n) is 9.26. The van der Waals surface area contributed by atoms with E-state index >= 15 is 0 Å². The summed E-state index contributed by atoms with van der Waals surface area (Å²) in [4.78, 5) is 32.9. The molecular formula is C20H25Cl2N5O2. The van der Waals surface area contributed by atoms with Gasteiger partial charge in [0.25, 0.3) is 11.5 Å². The Morgan fingerprint density at radius 1 is 1.24 bits per heavy atom. The van der Waals surface area contributed by atoms with Crippen LogP contribution in [0.15, 0.2) is 41.6 Å². The van der Waals surface area contributed by atoms with Crippen molar-refractivity contribution >= 4 is 41.8 Å². The molecule has 0 unspecified atom stereocenters. The third-order valence-corrected chi connectivity index (χ3v) is 5.19. The second-order valence-electron chi connectivity index (χ2n) is 7.00. The number of H-pyrrole nitrogens is 1. The van der Waals surface area contributed by atoms with E-state index in [0.717, 1.165) is 42.5 Å². The van der Waals surface area contributed by atoms with Gasteiger partial charge in [-0.1, -0.05) is 6.07 Å². The number of piperidine rings is 1. The molecule has 0 spiro atoms. The molecule has 3 heterocycles. The van der Waals surface area contributed by atoms with E-state index in [1.165, 1.54) is 0 Å². The number of aryl methyl sites for hydroxylation is 1. The van der Waals surface area contributed by atoms with E-state index in [1.54, 1.807) is 17.8 Å². The lowest BCUT2D eigenvalue weighted by Gasteiger charge is -2.25. The molecule has 1 amide bonds. The quantitative estimate of drug-likeness (QED) is 0.584. The Bertz CT molecular complexity index is 1040. The number of hydrogen-bond donors (Lipinski definition) is 3. The largest absolute Gasteiger partial charge is 0.348 e. The van der Waals surface area contributed by atoms with Gasteiger partial charge in [-0.3, -0.25) is 9.59 Å². The van der Waals surface area contributed by atoms with Crippen LogP contribution in [-0.2, 0) is 6.54 Å². The number of halogens is 2. The van der Waals surface area contributed by atoms with Gasteiger partial charge in [0, 0.05) is 18.8 Å². The first-order chi connectivity index (χ1) is 13.1. The Labute approximate surface area is 181 Å². The molecule has 0 aliphatic carbocycles. The van der Waals surface area contributed by atoms with E-state index in [2.05, 4.69) is 20.6 Å². The molecule has 1 aromatic carbocycles. The fourth-order valence-corrected chi connectivity index (χ4v) is 3.65. The molecule has 3 aromatic rings. The summed E-state index contributed by atoms with van der Waals surface area (Å²) >= 11 is 0. The zero-order valence-corrected chi connectivity index (χ0v) is 17.7. The molecule has 9 heteroatoms. The lowest BCUT2D eigenvalue weighted by molar-refractivity contribution is 0.0947. The van der Waals surface area contributed by atoms with E-state index in [-0.39, 0.29) is 47.9 Å². The molecule has 1 aliphatic rings. The SMILES string of the molecule is Cc1ccn(C2CCNCC2)c(=O)c1C(=O)NCc1ccc2nc[nH]c2c1.Cl.Cl. The maximum Gasteiger partial charge on any atom is 0.263 e. The van der Waals surface area contributed by atoms with Gasteiger partial charge in [0.2, 0.25) is 0 Å². The number of carbonyl (C=O) groups is 1. The fourth-order valence-electron chi connectivity index (χ4n) is 3.65. The van der Waals surface area contributed by atoms with Crippen LogP contribution in [0, 0.1) is 6.92 Å². The predicted octanol–water partition coefficient (Wildman–Crippen LogP) is 2.73. The zero-order chi connectivity index (χ0) is 18.8. The molecule has 7 nitrogen and oxygen atoms in total. The molecule has 1 aliphatic heterocycles. The Morgan fingerprint density at radius 2 is 2.00 bits per heavy atom. The van der Waals surface area contributed by atoms with Crippen LogP contribution in [0.5, 0.6) is 0 Å². The van der Waals surface area contributed by atoms with Crippen molar-refractivity contribution in [3.05, 3.63) is 63.8 Å². The number of benzene rings is 1. The molecule has 3 N–H and O–H groups in total. The van der Waals surface area contributed by atoms with Crippen LogP contribution in [-0.4, -0.2) is 33.5 Å². The number of carbonyl (C=O) groups excluding carboxylic acids is 1. The average Bonchev–Trinajstić information content (AvgIpc) is 3.15. The molecule has 0 radical (unpaired) electrons. The van der Waals surface area contributed by atoms with E-state index in [4.69, 9.17) is 0 Å². The van der Waals surface area contributed by atoms with Gasteiger partial charge in [-0.25, -0.2) is 4.98 Å². The summed E-state index contributed by atoms with van der Waals surface area (Å²) in [7, 11) is 0. The second-order valence-corrected chi connectivity index (χ2v) is 7.00. The topological polar surface area (TPSA) is 91.8 Å². The van der Waals surface area contributed by atoms with Crippen molar-refractivity contribution in [2.75, 3.05) is 13.1 Å². The Hall–Kier alpha value is -2.35. The van der Waals surface area contributed by atoms with Crippen molar-refractivity contribution in [1.82, 2.24) is 25.2 Å². The van der Waals surface area contributed by atoms with Gasteiger partial charge < -0.3 is 20.2 Å². The molecule has 0 bridgehead atoms. The number of aromatic amines is 1. The van der Waals surface area contributed by atoms with Gasteiger partial charge in [0.1, 0.15) is 5.56 Å². The number of nitrogens with one attached hydrogen (secondary N) is 3. The number of pyridine rings is 1. The van der Waals surface area contributed by atoms with Crippen LogP contribution in [0.4, 0.5) is 0 Å². The highest BCUT2D eigenvalue weighted by Crippen LogP contribution is 2.17. The zero-order valence-electron chi connectivity index (χ0n) is 16.1. The van der Waals surface area contributed by atoms with Crippen LogP contribution in [0.1, 0.15) is 40.4 Å². The van der Waals surface area contributed by atoms with Crippen molar-refractivity contribution in [1.29, 1.82) is 0 Å². The molecule has 0 atom stereocenters. The molecule has 2 aromatic heterocycles. The summed E-state index contributed by atoms with van der Waals surface area (Å²) in [5.41, 5.74) is 3.49. The Morgan fingerprint density at radius 3 is 2.76 bits per heavy atom. The minimum Gasteiger partial charge on any atom is -0.348 e. The van der Waals surface area contributed by atoms with E-state index in [9.17, 15) is 9.59 Å². The lowest BCUT2D eigenvalue weighted by Crippen LogP contribution is -2.38. The number of fused-ring (bicyclic) bond motifs is 1. The van der Waals surface area contributed by atoms with Crippen molar-refractivity contribution in [3.8, 4) is 0 Å². The van der Waals surface area contributed by atoms with Crippen molar-refractivity contribution in [2.24, 2.45) is 0 Å². The third-order valence-electron chi connectivity index (χ3n) is 5.19. The summed E-state index contributed by atoms with van der Waals surface area (Å²) in [5.74, 6) is -0.328. The molecule has 1 saturated heterocycles. The molecule has 0 saturated carbocycles. The number of aromatic nitrogens is 3. The summed E-state index contributed by atoms with van der Waals surface area (Å²) in [6, 6.07) is 7.79. The van der Waals surface area contributed by atoms with Gasteiger partial charge in [-0.2, -0.15) is 0 Å². The normalized spacial score (nSPS) is 14.1. The third kappa shape index (κ3) is 4.80. The number of hydrogen-bond acceptors (Lipinski definition) is 4. The number of rotatable bonds is 4. The monoisotopic (exact) mass is 437 g/mol. The lowest BCUT2D eigenvalue weighted by atomic mass is 10.0. The van der Waals surface area contributed by atoms with Gasteiger partial charge in [-0.05, 0) is 62.2 Å². The highest BCUT2D eigenvalue weighted by atomic mass is 35.5. The van der Waals surface area contributed by atoms with Crippen molar-refractivity contribution < 1.29 is 4.79 Å². The van der Waals surface area contributed by atoms with E-state index < -0.39 is 0 Å². The highest BCUT2D eigenvalue weighted by molar-refractivity contribution is 5.95. The molecule has 4 rings (SSSR count). The van der Waals surface area contributed by atoms with Crippen LogP contribution in [0.25, 0.3) is 11.0 Å². The number of imidazole rings is 1. The summed E-state index contributed by atoms with van der Waals surface area (Å²) in [5, 5.41) is 6.19. The number of nitrogens with zero attached hydrogens (tertiary/aromatic N) is 2.